The van der Waals surface area contributed by atoms with Gasteiger partial charge in [-0.3, -0.25) is 4.98 Å². The van der Waals surface area contributed by atoms with Crippen LogP contribution in [0, 0.1) is 11.8 Å². The molecule has 0 aromatic carbocycles. The second kappa shape index (κ2) is 5.84. The second-order valence-corrected chi connectivity index (χ2v) is 6.28. The van der Waals surface area contributed by atoms with Gasteiger partial charge in [-0.1, -0.05) is 19.0 Å². The molecule has 0 spiro atoms. The summed E-state index contributed by atoms with van der Waals surface area (Å²) < 4.78 is 5.39. The predicted molar refractivity (Wildman–Crippen MR) is 81.5 cm³/mol. The molecule has 0 radical (unpaired) electrons. The molecule has 0 saturated heterocycles. The first kappa shape index (κ1) is 14.0. The number of nitrogens with zero attached hydrogens (tertiary/aromatic N) is 3. The zero-order valence-electron chi connectivity index (χ0n) is 12.6. The van der Waals surface area contributed by atoms with Gasteiger partial charge in [-0.05, 0) is 43.6 Å². The maximum Gasteiger partial charge on any atom is 0.260 e. The minimum absolute atomic E-state index is 0.417. The van der Waals surface area contributed by atoms with Crippen molar-refractivity contribution < 1.29 is 4.52 Å². The van der Waals surface area contributed by atoms with Crippen molar-refractivity contribution in [2.75, 3.05) is 5.73 Å². The summed E-state index contributed by atoms with van der Waals surface area (Å²) in [7, 11) is 0. The third-order valence-corrected chi connectivity index (χ3v) is 4.60. The lowest BCUT2D eigenvalue weighted by Gasteiger charge is -2.29. The molecule has 0 aliphatic heterocycles. The van der Waals surface area contributed by atoms with Gasteiger partial charge in [0, 0.05) is 12.1 Å². The third-order valence-electron chi connectivity index (χ3n) is 4.60. The molecule has 1 aliphatic carbocycles. The Balaban J connectivity index is 1.73. The molecule has 0 unspecified atom stereocenters. The summed E-state index contributed by atoms with van der Waals surface area (Å²) in [6.07, 6.45) is 8.09. The highest BCUT2D eigenvalue weighted by Crippen LogP contribution is 2.38. The van der Waals surface area contributed by atoms with E-state index >= 15 is 0 Å². The van der Waals surface area contributed by atoms with E-state index in [-0.39, 0.29) is 0 Å². The van der Waals surface area contributed by atoms with E-state index in [0.717, 1.165) is 36.1 Å². The Hall–Kier alpha value is -1.91. The molecular formula is C16H22N4O. The van der Waals surface area contributed by atoms with Crippen LogP contribution < -0.4 is 5.73 Å². The molecule has 1 saturated carbocycles. The molecule has 1 fully saturated rings. The van der Waals surface area contributed by atoms with Crippen LogP contribution in [-0.4, -0.2) is 15.1 Å². The average molecular weight is 286 g/mol. The van der Waals surface area contributed by atoms with Crippen molar-refractivity contribution >= 4 is 5.69 Å². The van der Waals surface area contributed by atoms with Crippen LogP contribution in [0.3, 0.4) is 0 Å². The number of rotatable bonds is 3. The molecule has 2 aromatic rings. The summed E-state index contributed by atoms with van der Waals surface area (Å²) in [5, 5.41) is 4.17. The monoisotopic (exact) mass is 286 g/mol. The highest BCUT2D eigenvalue weighted by Gasteiger charge is 2.27. The van der Waals surface area contributed by atoms with Gasteiger partial charge in [0.05, 0.1) is 17.4 Å². The van der Waals surface area contributed by atoms with Gasteiger partial charge in [0.25, 0.3) is 5.89 Å². The molecule has 3 rings (SSSR count). The first-order valence-corrected chi connectivity index (χ1v) is 7.68. The molecule has 5 heteroatoms. The maximum absolute atomic E-state index is 5.90. The standard InChI is InChI=1S/C16H22N4O/c1-10(2)11-3-5-12(6-4-11)15-19-16(21-20-15)13-7-8-18-9-14(13)17/h7-12H,3-6,17H2,1-2H3. The quantitative estimate of drug-likeness (QED) is 0.932. The number of pyridine rings is 1. The maximum atomic E-state index is 5.90. The summed E-state index contributed by atoms with van der Waals surface area (Å²) in [4.78, 5) is 8.53. The summed E-state index contributed by atoms with van der Waals surface area (Å²) >= 11 is 0. The smallest absolute Gasteiger partial charge is 0.260 e. The van der Waals surface area contributed by atoms with Crippen molar-refractivity contribution in [3.8, 4) is 11.5 Å². The number of anilines is 1. The largest absolute Gasteiger partial charge is 0.397 e. The second-order valence-electron chi connectivity index (χ2n) is 6.28. The van der Waals surface area contributed by atoms with Crippen LogP contribution in [0.25, 0.3) is 11.5 Å². The Labute approximate surface area is 125 Å². The Morgan fingerprint density at radius 1 is 1.24 bits per heavy atom. The number of hydrogen-bond acceptors (Lipinski definition) is 5. The van der Waals surface area contributed by atoms with Gasteiger partial charge < -0.3 is 10.3 Å². The van der Waals surface area contributed by atoms with Gasteiger partial charge in [0.1, 0.15) is 0 Å². The fourth-order valence-electron chi connectivity index (χ4n) is 3.16. The summed E-state index contributed by atoms with van der Waals surface area (Å²) in [5.41, 5.74) is 7.23. The third kappa shape index (κ3) is 2.91. The normalized spacial score (nSPS) is 22.6. The van der Waals surface area contributed by atoms with Crippen molar-refractivity contribution in [3.05, 3.63) is 24.3 Å². The Morgan fingerprint density at radius 2 is 2.00 bits per heavy atom. The number of aromatic nitrogens is 3. The molecule has 0 atom stereocenters. The average Bonchev–Trinajstić information content (AvgIpc) is 2.97. The van der Waals surface area contributed by atoms with Gasteiger partial charge in [0.2, 0.25) is 0 Å². The molecule has 0 amide bonds. The lowest BCUT2D eigenvalue weighted by Crippen LogP contribution is -2.18. The lowest BCUT2D eigenvalue weighted by atomic mass is 9.77. The van der Waals surface area contributed by atoms with Gasteiger partial charge in [-0.25, -0.2) is 0 Å². The van der Waals surface area contributed by atoms with Crippen LogP contribution in [0.2, 0.25) is 0 Å². The van der Waals surface area contributed by atoms with Crippen LogP contribution in [0.1, 0.15) is 51.3 Å². The molecule has 2 aromatic heterocycles. The van der Waals surface area contributed by atoms with E-state index in [0.29, 0.717) is 17.5 Å². The summed E-state index contributed by atoms with van der Waals surface area (Å²) in [6, 6.07) is 1.81. The molecule has 21 heavy (non-hydrogen) atoms. The molecule has 5 nitrogen and oxygen atoms in total. The summed E-state index contributed by atoms with van der Waals surface area (Å²) in [5.74, 6) is 3.34. The number of hydrogen-bond donors (Lipinski definition) is 1. The predicted octanol–water partition coefficient (Wildman–Crippen LogP) is 3.64. The fraction of sp³-hybridized carbons (Fsp3) is 0.562. The fourth-order valence-corrected chi connectivity index (χ4v) is 3.16. The molecular weight excluding hydrogens is 264 g/mol. The lowest BCUT2D eigenvalue weighted by molar-refractivity contribution is 0.252. The van der Waals surface area contributed by atoms with Gasteiger partial charge in [-0.15, -0.1) is 0 Å². The highest BCUT2D eigenvalue weighted by atomic mass is 16.5. The first-order valence-electron chi connectivity index (χ1n) is 7.68. The highest BCUT2D eigenvalue weighted by molar-refractivity contribution is 5.68. The van der Waals surface area contributed by atoms with Crippen LogP contribution in [0.15, 0.2) is 23.0 Å². The van der Waals surface area contributed by atoms with Crippen LogP contribution >= 0.6 is 0 Å². The minimum atomic E-state index is 0.417. The van der Waals surface area contributed by atoms with E-state index in [1.54, 1.807) is 12.4 Å². The van der Waals surface area contributed by atoms with Crippen molar-refractivity contribution in [1.29, 1.82) is 0 Å². The van der Waals surface area contributed by atoms with E-state index in [9.17, 15) is 0 Å². The van der Waals surface area contributed by atoms with Crippen molar-refractivity contribution in [2.24, 2.45) is 11.8 Å². The van der Waals surface area contributed by atoms with Gasteiger partial charge in [-0.2, -0.15) is 4.98 Å². The Kier molecular flexibility index (Phi) is 3.90. The Morgan fingerprint density at radius 3 is 2.67 bits per heavy atom. The van der Waals surface area contributed by atoms with Gasteiger partial charge >= 0.3 is 0 Å². The van der Waals surface area contributed by atoms with Crippen LogP contribution in [0.5, 0.6) is 0 Å². The Bertz CT molecular complexity index is 600. The van der Waals surface area contributed by atoms with E-state index in [4.69, 9.17) is 10.3 Å². The number of nitrogen functional groups attached to an aromatic ring is 1. The zero-order valence-corrected chi connectivity index (χ0v) is 12.6. The molecule has 0 bridgehead atoms. The van der Waals surface area contributed by atoms with Crippen LogP contribution in [0.4, 0.5) is 5.69 Å². The van der Waals surface area contributed by atoms with Crippen molar-refractivity contribution in [3.63, 3.8) is 0 Å². The van der Waals surface area contributed by atoms with Crippen molar-refractivity contribution in [2.45, 2.75) is 45.4 Å². The van der Waals surface area contributed by atoms with Crippen LogP contribution in [-0.2, 0) is 0 Å². The summed E-state index contributed by atoms with van der Waals surface area (Å²) in [6.45, 7) is 4.62. The van der Waals surface area contributed by atoms with E-state index < -0.39 is 0 Å². The first-order chi connectivity index (χ1) is 10.1. The number of nitrogens with two attached hydrogens (primary N) is 1. The van der Waals surface area contributed by atoms with E-state index in [1.165, 1.54) is 12.8 Å². The van der Waals surface area contributed by atoms with E-state index in [2.05, 4.69) is 29.0 Å². The van der Waals surface area contributed by atoms with Crippen molar-refractivity contribution in [1.82, 2.24) is 15.1 Å². The minimum Gasteiger partial charge on any atom is -0.397 e. The van der Waals surface area contributed by atoms with E-state index in [1.807, 2.05) is 6.07 Å². The SMILES string of the molecule is CC(C)C1CCC(c2noc(-c3ccncc3N)n2)CC1. The molecule has 2 N–H and O–H groups in total. The molecule has 2 heterocycles. The zero-order chi connectivity index (χ0) is 14.8. The molecule has 112 valence electrons. The topological polar surface area (TPSA) is 77.8 Å². The molecule has 1 aliphatic rings. The van der Waals surface area contributed by atoms with Gasteiger partial charge in [0.15, 0.2) is 5.82 Å².